The molecular formula is C19H25N3O5. The molecular weight excluding hydrogens is 350 g/mol. The van der Waals surface area contributed by atoms with Gasteiger partial charge in [0.25, 0.3) is 5.91 Å². The largest absolute Gasteiger partial charge is 0.479 e. The molecule has 1 unspecified atom stereocenters. The molecule has 1 aromatic carbocycles. The van der Waals surface area contributed by atoms with E-state index in [2.05, 4.69) is 5.32 Å². The molecule has 1 N–H and O–H groups in total. The van der Waals surface area contributed by atoms with Gasteiger partial charge in [0.15, 0.2) is 12.4 Å². The van der Waals surface area contributed by atoms with Crippen LogP contribution in [0.1, 0.15) is 33.6 Å². The fourth-order valence-corrected chi connectivity index (χ4v) is 3.20. The maximum atomic E-state index is 12.8. The third kappa shape index (κ3) is 3.99. The highest BCUT2D eigenvalue weighted by atomic mass is 16.6. The van der Waals surface area contributed by atoms with Crippen LogP contribution in [-0.2, 0) is 14.3 Å². The van der Waals surface area contributed by atoms with Crippen LogP contribution >= 0.6 is 0 Å². The molecule has 0 saturated carbocycles. The van der Waals surface area contributed by atoms with Crippen LogP contribution < -0.4 is 15.0 Å². The zero-order valence-corrected chi connectivity index (χ0v) is 16.1. The van der Waals surface area contributed by atoms with E-state index >= 15 is 0 Å². The van der Waals surface area contributed by atoms with Crippen molar-refractivity contribution in [1.29, 1.82) is 0 Å². The first-order valence-electron chi connectivity index (χ1n) is 9.00. The van der Waals surface area contributed by atoms with Crippen LogP contribution in [0.25, 0.3) is 0 Å². The molecule has 1 saturated heterocycles. The van der Waals surface area contributed by atoms with Crippen LogP contribution in [0.2, 0.25) is 0 Å². The predicted octanol–water partition coefficient (Wildman–Crippen LogP) is 2.38. The molecule has 0 aliphatic carbocycles. The van der Waals surface area contributed by atoms with E-state index in [-0.39, 0.29) is 18.4 Å². The van der Waals surface area contributed by atoms with Gasteiger partial charge in [-0.15, -0.1) is 0 Å². The highest BCUT2D eigenvalue weighted by Crippen LogP contribution is 2.38. The molecule has 0 spiro atoms. The maximum absolute atomic E-state index is 12.8. The fourth-order valence-electron chi connectivity index (χ4n) is 3.20. The highest BCUT2D eigenvalue weighted by molar-refractivity contribution is 6.02. The first kappa shape index (κ1) is 19.0. The number of para-hydroxylation sites is 1. The van der Waals surface area contributed by atoms with Crippen LogP contribution in [0.4, 0.5) is 16.2 Å². The standard InChI is InChI=1S/C19H25N3O5/c1-19(2,3)27-18(25)22-10-6-9-14(22)17(24)20-12-7-5-8-13-16(12)26-11-15(23)21(13)4/h5,7-8,14H,6,9-11H2,1-4H3,(H,20,24). The van der Waals surface area contributed by atoms with Crippen LogP contribution in [0.5, 0.6) is 5.75 Å². The molecule has 3 rings (SSSR count). The van der Waals surface area contributed by atoms with E-state index < -0.39 is 17.7 Å². The van der Waals surface area contributed by atoms with E-state index in [0.717, 1.165) is 6.42 Å². The molecule has 0 radical (unpaired) electrons. The fraction of sp³-hybridized carbons (Fsp3) is 0.526. The first-order chi connectivity index (χ1) is 12.7. The van der Waals surface area contributed by atoms with Crippen LogP contribution in [0, 0.1) is 0 Å². The van der Waals surface area contributed by atoms with Gasteiger partial charge in [0.05, 0.1) is 11.4 Å². The van der Waals surface area contributed by atoms with Gasteiger partial charge in [0.2, 0.25) is 5.91 Å². The second-order valence-electron chi connectivity index (χ2n) is 7.72. The van der Waals surface area contributed by atoms with Crippen LogP contribution in [0.15, 0.2) is 18.2 Å². The summed E-state index contributed by atoms with van der Waals surface area (Å²) >= 11 is 0. The Hall–Kier alpha value is -2.77. The van der Waals surface area contributed by atoms with Crippen molar-refractivity contribution in [3.8, 4) is 5.75 Å². The summed E-state index contributed by atoms with van der Waals surface area (Å²) in [4.78, 5) is 40.0. The normalized spacial score (nSPS) is 19.4. The summed E-state index contributed by atoms with van der Waals surface area (Å²) in [5.74, 6) is 0.00236. The van der Waals surface area contributed by atoms with Gasteiger partial charge in [-0.05, 0) is 45.7 Å². The number of hydrogen-bond acceptors (Lipinski definition) is 5. The Morgan fingerprint density at radius 2 is 2.04 bits per heavy atom. The summed E-state index contributed by atoms with van der Waals surface area (Å²) < 4.78 is 10.9. The number of benzene rings is 1. The SMILES string of the molecule is CN1C(=O)COc2c(NC(=O)C3CCCN3C(=O)OC(C)(C)C)cccc21. The Balaban J connectivity index is 1.76. The predicted molar refractivity (Wildman–Crippen MR) is 99.9 cm³/mol. The van der Waals surface area contributed by atoms with Crippen molar-refractivity contribution >= 4 is 29.3 Å². The van der Waals surface area contributed by atoms with E-state index in [9.17, 15) is 14.4 Å². The molecule has 1 aromatic rings. The van der Waals surface area contributed by atoms with Gasteiger partial charge in [-0.1, -0.05) is 6.07 Å². The number of ether oxygens (including phenoxy) is 2. The lowest BCUT2D eigenvalue weighted by atomic mass is 10.1. The number of anilines is 2. The van der Waals surface area contributed by atoms with Gasteiger partial charge in [0, 0.05) is 13.6 Å². The number of nitrogens with zero attached hydrogens (tertiary/aromatic N) is 2. The van der Waals surface area contributed by atoms with Crippen molar-refractivity contribution in [3.05, 3.63) is 18.2 Å². The van der Waals surface area contributed by atoms with Gasteiger partial charge in [-0.2, -0.15) is 0 Å². The number of amides is 3. The molecule has 2 aliphatic heterocycles. The van der Waals surface area contributed by atoms with Crippen molar-refractivity contribution in [2.45, 2.75) is 45.3 Å². The molecule has 2 heterocycles. The number of carbonyl (C=O) groups excluding carboxylic acids is 3. The van der Waals surface area contributed by atoms with Crippen LogP contribution in [0.3, 0.4) is 0 Å². The number of carbonyl (C=O) groups is 3. The van der Waals surface area contributed by atoms with Crippen LogP contribution in [-0.4, -0.2) is 54.6 Å². The smallest absolute Gasteiger partial charge is 0.410 e. The third-order valence-electron chi connectivity index (χ3n) is 4.51. The minimum Gasteiger partial charge on any atom is -0.479 e. The van der Waals surface area contributed by atoms with Crippen molar-refractivity contribution in [2.24, 2.45) is 0 Å². The highest BCUT2D eigenvalue weighted by Gasteiger charge is 2.37. The maximum Gasteiger partial charge on any atom is 0.410 e. The van der Waals surface area contributed by atoms with Crippen molar-refractivity contribution < 1.29 is 23.9 Å². The second-order valence-corrected chi connectivity index (χ2v) is 7.72. The number of fused-ring (bicyclic) bond motifs is 1. The van der Waals surface area contributed by atoms with Crippen molar-refractivity contribution in [3.63, 3.8) is 0 Å². The summed E-state index contributed by atoms with van der Waals surface area (Å²) in [6.45, 7) is 5.78. The number of rotatable bonds is 2. The topological polar surface area (TPSA) is 88.2 Å². The number of hydrogen-bond donors (Lipinski definition) is 1. The average Bonchev–Trinajstić information content (AvgIpc) is 3.07. The molecule has 8 nitrogen and oxygen atoms in total. The van der Waals surface area contributed by atoms with Gasteiger partial charge in [-0.25, -0.2) is 4.79 Å². The third-order valence-corrected chi connectivity index (χ3v) is 4.51. The summed E-state index contributed by atoms with van der Waals surface area (Å²) in [5, 5.41) is 2.84. The summed E-state index contributed by atoms with van der Waals surface area (Å²) in [6.07, 6.45) is 0.814. The van der Waals surface area contributed by atoms with Gasteiger partial charge < -0.3 is 19.7 Å². The first-order valence-corrected chi connectivity index (χ1v) is 9.00. The molecule has 2 aliphatic rings. The number of nitrogens with one attached hydrogen (secondary N) is 1. The van der Waals surface area contributed by atoms with Crippen molar-refractivity contribution in [2.75, 3.05) is 30.4 Å². The lowest BCUT2D eigenvalue weighted by molar-refractivity contribution is -0.121. The quantitative estimate of drug-likeness (QED) is 0.857. The molecule has 0 bridgehead atoms. The molecule has 1 fully saturated rings. The number of likely N-dealkylation sites (tertiary alicyclic amines) is 1. The van der Waals surface area contributed by atoms with Gasteiger partial charge >= 0.3 is 6.09 Å². The van der Waals surface area contributed by atoms with E-state index in [1.165, 1.54) is 9.80 Å². The Labute approximate surface area is 158 Å². The zero-order chi connectivity index (χ0) is 19.8. The molecule has 3 amide bonds. The summed E-state index contributed by atoms with van der Waals surface area (Å²) in [6, 6.07) is 4.61. The Bertz CT molecular complexity index is 771. The summed E-state index contributed by atoms with van der Waals surface area (Å²) in [7, 11) is 1.66. The van der Waals surface area contributed by atoms with Crippen molar-refractivity contribution in [1.82, 2.24) is 4.90 Å². The minimum absolute atomic E-state index is 0.0795. The number of likely N-dealkylation sites (N-methyl/N-ethyl adjacent to an activating group) is 1. The average molecular weight is 375 g/mol. The Kier molecular flexibility index (Phi) is 4.99. The molecule has 146 valence electrons. The van der Waals surface area contributed by atoms with E-state index in [1.54, 1.807) is 46.0 Å². The van der Waals surface area contributed by atoms with E-state index in [4.69, 9.17) is 9.47 Å². The minimum atomic E-state index is -0.621. The lowest BCUT2D eigenvalue weighted by Crippen LogP contribution is -2.45. The lowest BCUT2D eigenvalue weighted by Gasteiger charge is -2.29. The molecule has 27 heavy (non-hydrogen) atoms. The van der Waals surface area contributed by atoms with E-state index in [1.807, 2.05) is 0 Å². The monoisotopic (exact) mass is 375 g/mol. The van der Waals surface area contributed by atoms with Gasteiger partial charge in [0.1, 0.15) is 11.6 Å². The molecule has 1 atom stereocenters. The van der Waals surface area contributed by atoms with E-state index in [0.29, 0.717) is 30.1 Å². The van der Waals surface area contributed by atoms with Gasteiger partial charge in [-0.3, -0.25) is 14.5 Å². The second kappa shape index (κ2) is 7.09. The Morgan fingerprint density at radius 3 is 2.74 bits per heavy atom. The molecule has 8 heteroatoms. The summed E-state index contributed by atoms with van der Waals surface area (Å²) in [5.41, 5.74) is 0.455. The molecule has 0 aromatic heterocycles. The Morgan fingerprint density at radius 1 is 1.30 bits per heavy atom. The zero-order valence-electron chi connectivity index (χ0n) is 16.1.